The average Bonchev–Trinajstić information content (AvgIpc) is 2.64. The molecule has 1 N–H and O–H groups in total. The molecule has 0 radical (unpaired) electrons. The van der Waals surface area contributed by atoms with Crippen molar-refractivity contribution in [3.63, 3.8) is 0 Å². The zero-order valence-corrected chi connectivity index (χ0v) is 15.0. The van der Waals surface area contributed by atoms with Crippen molar-refractivity contribution in [3.8, 4) is 0 Å². The molecule has 24 heavy (non-hydrogen) atoms. The predicted molar refractivity (Wildman–Crippen MR) is 99.6 cm³/mol. The third-order valence-corrected chi connectivity index (χ3v) is 4.93. The second kappa shape index (κ2) is 8.38. The molecular formula is C19H30N4O. The van der Waals surface area contributed by atoms with Crippen LogP contribution >= 0.6 is 0 Å². The first kappa shape index (κ1) is 17.1. The Morgan fingerprint density at radius 3 is 2.62 bits per heavy atom. The lowest BCUT2D eigenvalue weighted by Gasteiger charge is -2.33. The summed E-state index contributed by atoms with van der Waals surface area (Å²) in [4.78, 5) is 9.23. The quantitative estimate of drug-likeness (QED) is 0.682. The van der Waals surface area contributed by atoms with Gasteiger partial charge in [-0.1, -0.05) is 19.1 Å². The van der Waals surface area contributed by atoms with Crippen LogP contribution in [0.5, 0.6) is 0 Å². The molecular weight excluding hydrogens is 300 g/mol. The van der Waals surface area contributed by atoms with Crippen molar-refractivity contribution in [1.29, 1.82) is 0 Å². The zero-order chi connectivity index (χ0) is 16.8. The summed E-state index contributed by atoms with van der Waals surface area (Å²) in [5, 5.41) is 3.52. The molecule has 2 heterocycles. The monoisotopic (exact) mass is 330 g/mol. The molecule has 1 aromatic carbocycles. The second-order valence-electron chi connectivity index (χ2n) is 6.86. The summed E-state index contributed by atoms with van der Waals surface area (Å²) >= 11 is 0. The molecule has 0 bridgehead atoms. The fourth-order valence-electron chi connectivity index (χ4n) is 3.54. The molecule has 1 atom stereocenters. The third-order valence-electron chi connectivity index (χ3n) is 4.93. The van der Waals surface area contributed by atoms with E-state index in [-0.39, 0.29) is 0 Å². The number of guanidine groups is 1. The highest BCUT2D eigenvalue weighted by Crippen LogP contribution is 2.17. The number of ether oxygens (including phenoxy) is 1. The van der Waals surface area contributed by atoms with Crippen LogP contribution in [0.1, 0.15) is 25.3 Å². The van der Waals surface area contributed by atoms with Gasteiger partial charge in [0, 0.05) is 45.5 Å². The minimum absolute atomic E-state index is 0.755. The van der Waals surface area contributed by atoms with Crippen LogP contribution in [-0.2, 0) is 11.3 Å². The molecule has 0 amide bonds. The van der Waals surface area contributed by atoms with Gasteiger partial charge in [0.2, 0.25) is 0 Å². The first-order valence-electron chi connectivity index (χ1n) is 9.13. The van der Waals surface area contributed by atoms with Gasteiger partial charge in [-0.3, -0.25) is 4.99 Å². The number of hydrogen-bond acceptors (Lipinski definition) is 3. The summed E-state index contributed by atoms with van der Waals surface area (Å²) in [7, 11) is 1.88. The molecule has 2 aliphatic rings. The number of rotatable bonds is 3. The largest absolute Gasteiger partial charge is 0.378 e. The molecule has 0 aromatic heterocycles. The Hall–Kier alpha value is -1.75. The number of piperidine rings is 1. The highest BCUT2D eigenvalue weighted by atomic mass is 16.5. The lowest BCUT2D eigenvalue weighted by Crippen LogP contribution is -2.45. The minimum atomic E-state index is 0.755. The van der Waals surface area contributed by atoms with Gasteiger partial charge in [0.1, 0.15) is 0 Å². The van der Waals surface area contributed by atoms with E-state index in [9.17, 15) is 0 Å². The van der Waals surface area contributed by atoms with Crippen LogP contribution in [0.3, 0.4) is 0 Å². The highest BCUT2D eigenvalue weighted by Gasteiger charge is 2.19. The number of nitrogens with zero attached hydrogens (tertiary/aromatic N) is 3. The van der Waals surface area contributed by atoms with Crippen molar-refractivity contribution in [2.24, 2.45) is 10.9 Å². The molecule has 0 saturated carbocycles. The standard InChI is InChI=1S/C19H30N4O/c1-16-4-3-9-23(15-16)19(20-2)21-14-17-5-7-18(8-6-17)22-10-12-24-13-11-22/h5-8,16H,3-4,9-15H2,1-2H3,(H,20,21). The van der Waals surface area contributed by atoms with Crippen LogP contribution in [0, 0.1) is 5.92 Å². The van der Waals surface area contributed by atoms with E-state index in [0.717, 1.165) is 57.8 Å². The Kier molecular flexibility index (Phi) is 5.96. The maximum atomic E-state index is 5.42. The first-order valence-corrected chi connectivity index (χ1v) is 9.13. The first-order chi connectivity index (χ1) is 11.8. The number of anilines is 1. The topological polar surface area (TPSA) is 40.1 Å². The zero-order valence-electron chi connectivity index (χ0n) is 15.0. The molecule has 5 heteroatoms. The van der Waals surface area contributed by atoms with E-state index >= 15 is 0 Å². The SMILES string of the molecule is CN=C(NCc1ccc(N2CCOCC2)cc1)N1CCCC(C)C1. The molecule has 2 aliphatic heterocycles. The summed E-state index contributed by atoms with van der Waals surface area (Å²) in [5.41, 5.74) is 2.58. The maximum absolute atomic E-state index is 5.42. The van der Waals surface area contributed by atoms with Crippen molar-refractivity contribution in [2.45, 2.75) is 26.3 Å². The number of benzene rings is 1. The van der Waals surface area contributed by atoms with Gasteiger partial charge >= 0.3 is 0 Å². The van der Waals surface area contributed by atoms with E-state index in [1.165, 1.54) is 24.1 Å². The normalized spacial score (nSPS) is 22.6. The smallest absolute Gasteiger partial charge is 0.193 e. The van der Waals surface area contributed by atoms with Gasteiger partial charge in [-0.25, -0.2) is 0 Å². The number of likely N-dealkylation sites (tertiary alicyclic amines) is 1. The predicted octanol–water partition coefficient (Wildman–Crippen LogP) is 2.33. The van der Waals surface area contributed by atoms with Gasteiger partial charge < -0.3 is 19.9 Å². The van der Waals surface area contributed by atoms with Gasteiger partial charge in [-0.2, -0.15) is 0 Å². The maximum Gasteiger partial charge on any atom is 0.193 e. The molecule has 5 nitrogen and oxygen atoms in total. The third kappa shape index (κ3) is 4.41. The van der Waals surface area contributed by atoms with E-state index in [2.05, 4.69) is 51.3 Å². The molecule has 0 aliphatic carbocycles. The highest BCUT2D eigenvalue weighted by molar-refractivity contribution is 5.80. The van der Waals surface area contributed by atoms with Crippen LogP contribution in [0.25, 0.3) is 0 Å². The fraction of sp³-hybridized carbons (Fsp3) is 0.632. The van der Waals surface area contributed by atoms with Crippen LogP contribution in [0.4, 0.5) is 5.69 Å². The Morgan fingerprint density at radius 1 is 1.21 bits per heavy atom. The van der Waals surface area contributed by atoms with Crippen molar-refractivity contribution >= 4 is 11.6 Å². The summed E-state index contributed by atoms with van der Waals surface area (Å²) in [6, 6.07) is 8.86. The molecule has 1 aromatic rings. The van der Waals surface area contributed by atoms with E-state index in [1.807, 2.05) is 7.05 Å². The van der Waals surface area contributed by atoms with Crippen LogP contribution < -0.4 is 10.2 Å². The minimum Gasteiger partial charge on any atom is -0.378 e. The lowest BCUT2D eigenvalue weighted by molar-refractivity contribution is 0.122. The van der Waals surface area contributed by atoms with Crippen LogP contribution in [-0.4, -0.2) is 57.3 Å². The Labute approximate surface area is 145 Å². The fourth-order valence-corrected chi connectivity index (χ4v) is 3.54. The van der Waals surface area contributed by atoms with Crippen molar-refractivity contribution in [3.05, 3.63) is 29.8 Å². The second-order valence-corrected chi connectivity index (χ2v) is 6.86. The summed E-state index contributed by atoms with van der Waals surface area (Å²) in [5.74, 6) is 1.78. The Morgan fingerprint density at radius 2 is 1.96 bits per heavy atom. The van der Waals surface area contributed by atoms with Crippen LogP contribution in [0.2, 0.25) is 0 Å². The number of aliphatic imine (C=N–C) groups is 1. The van der Waals surface area contributed by atoms with Crippen molar-refractivity contribution in [1.82, 2.24) is 10.2 Å². The number of hydrogen-bond donors (Lipinski definition) is 1. The van der Waals surface area contributed by atoms with Gasteiger partial charge in [0.15, 0.2) is 5.96 Å². The molecule has 2 fully saturated rings. The summed E-state index contributed by atoms with van der Waals surface area (Å²) in [6.07, 6.45) is 2.59. The molecule has 2 saturated heterocycles. The number of morpholine rings is 1. The van der Waals surface area contributed by atoms with Gasteiger partial charge in [0.25, 0.3) is 0 Å². The van der Waals surface area contributed by atoms with E-state index in [4.69, 9.17) is 4.74 Å². The Bertz CT molecular complexity index is 537. The summed E-state index contributed by atoms with van der Waals surface area (Å²) < 4.78 is 5.42. The van der Waals surface area contributed by atoms with E-state index in [1.54, 1.807) is 0 Å². The van der Waals surface area contributed by atoms with E-state index < -0.39 is 0 Å². The molecule has 1 unspecified atom stereocenters. The number of nitrogens with one attached hydrogen (secondary N) is 1. The lowest BCUT2D eigenvalue weighted by atomic mass is 10.0. The summed E-state index contributed by atoms with van der Waals surface area (Å²) in [6.45, 7) is 8.98. The Balaban J connectivity index is 1.53. The van der Waals surface area contributed by atoms with Gasteiger partial charge in [-0.05, 0) is 36.5 Å². The van der Waals surface area contributed by atoms with E-state index in [0.29, 0.717) is 0 Å². The van der Waals surface area contributed by atoms with Gasteiger partial charge in [-0.15, -0.1) is 0 Å². The van der Waals surface area contributed by atoms with Crippen molar-refractivity contribution < 1.29 is 4.74 Å². The van der Waals surface area contributed by atoms with Crippen LogP contribution in [0.15, 0.2) is 29.3 Å². The molecule has 3 rings (SSSR count). The van der Waals surface area contributed by atoms with Gasteiger partial charge in [0.05, 0.1) is 13.2 Å². The van der Waals surface area contributed by atoms with Crippen molar-refractivity contribution in [2.75, 3.05) is 51.3 Å². The average molecular weight is 330 g/mol. The molecule has 132 valence electrons. The molecule has 0 spiro atoms.